The maximum Gasteiger partial charge on any atom is 0.200 e. The number of thioether (sulfide) groups is 1. The molecule has 0 spiro atoms. The predicted octanol–water partition coefficient (Wildman–Crippen LogP) is 2.21. The van der Waals surface area contributed by atoms with Crippen LogP contribution in [0.3, 0.4) is 0 Å². The van der Waals surface area contributed by atoms with Crippen LogP contribution in [0.15, 0.2) is 50.5 Å². The molecule has 24 heavy (non-hydrogen) atoms. The first kappa shape index (κ1) is 14.9. The summed E-state index contributed by atoms with van der Waals surface area (Å²) in [5.41, 5.74) is 1.66. The van der Waals surface area contributed by atoms with Gasteiger partial charge in [-0.1, -0.05) is 6.07 Å². The van der Waals surface area contributed by atoms with Crippen LogP contribution in [-0.2, 0) is 0 Å². The lowest BCUT2D eigenvalue weighted by molar-refractivity contribution is 0.322. The molecule has 0 aliphatic carbocycles. The fraction of sp³-hybridized carbons (Fsp3) is 0.125. The van der Waals surface area contributed by atoms with E-state index >= 15 is 0 Å². The number of H-pyrrole nitrogens is 1. The molecule has 120 valence electrons. The average molecular weight is 340 g/mol. The zero-order valence-corrected chi connectivity index (χ0v) is 13.2. The third kappa shape index (κ3) is 2.55. The maximum absolute atomic E-state index is 12.7. The average Bonchev–Trinajstić information content (AvgIpc) is 3.14. The largest absolute Gasteiger partial charge is 0.456 e. The molecule has 4 rings (SSSR count). The number of nitrogens with zero attached hydrogens (tertiary/aromatic N) is 3. The lowest BCUT2D eigenvalue weighted by atomic mass is 10.1. The van der Waals surface area contributed by atoms with E-state index in [1.54, 1.807) is 30.3 Å². The molecular formula is C16H12N4O3S. The Bertz CT molecular complexity index is 1080. The van der Waals surface area contributed by atoms with Gasteiger partial charge in [-0.05, 0) is 40.8 Å². The fourth-order valence-electron chi connectivity index (χ4n) is 2.52. The summed E-state index contributed by atoms with van der Waals surface area (Å²) < 4.78 is 5.88. The van der Waals surface area contributed by atoms with Crippen molar-refractivity contribution >= 4 is 33.7 Å². The smallest absolute Gasteiger partial charge is 0.200 e. The lowest BCUT2D eigenvalue weighted by Crippen LogP contribution is -2.02. The molecule has 0 aliphatic rings. The standard InChI is InChI=1S/C16H12N4O3S/c21-5-6-24-10-2-4-13-12(8-10)15(22)11-3-1-9(7-14(11)23-13)16-17-19-20-18-16/h1-4,7-8,21H,5-6H2,(H,17,18,19,20). The highest BCUT2D eigenvalue weighted by atomic mass is 32.2. The van der Waals surface area contributed by atoms with Gasteiger partial charge in [-0.25, -0.2) is 5.10 Å². The molecule has 0 amide bonds. The molecule has 2 heterocycles. The maximum atomic E-state index is 12.7. The van der Waals surface area contributed by atoms with E-state index in [2.05, 4.69) is 20.6 Å². The number of aromatic amines is 1. The Balaban J connectivity index is 1.89. The third-order valence-electron chi connectivity index (χ3n) is 3.62. The predicted molar refractivity (Wildman–Crippen MR) is 91.0 cm³/mol. The molecule has 0 atom stereocenters. The minimum atomic E-state index is -0.0834. The van der Waals surface area contributed by atoms with Crippen LogP contribution in [0.4, 0.5) is 0 Å². The minimum absolute atomic E-state index is 0.0834. The summed E-state index contributed by atoms with van der Waals surface area (Å²) in [6.45, 7) is 0.0916. The van der Waals surface area contributed by atoms with E-state index in [-0.39, 0.29) is 12.0 Å². The number of nitrogens with one attached hydrogen (secondary N) is 1. The number of aliphatic hydroxyl groups excluding tert-OH is 1. The molecule has 0 aliphatic heterocycles. The van der Waals surface area contributed by atoms with Gasteiger partial charge in [0.25, 0.3) is 0 Å². The number of rotatable bonds is 4. The van der Waals surface area contributed by atoms with Crippen molar-refractivity contribution in [1.29, 1.82) is 0 Å². The van der Waals surface area contributed by atoms with E-state index in [4.69, 9.17) is 9.52 Å². The van der Waals surface area contributed by atoms with Gasteiger partial charge in [0, 0.05) is 16.2 Å². The molecule has 4 aromatic rings. The molecule has 2 aromatic carbocycles. The Kier molecular flexibility index (Phi) is 3.75. The lowest BCUT2D eigenvalue weighted by Gasteiger charge is -2.05. The van der Waals surface area contributed by atoms with Gasteiger partial charge in [0.15, 0.2) is 5.82 Å². The molecule has 2 N–H and O–H groups in total. The van der Waals surface area contributed by atoms with Gasteiger partial charge in [-0.3, -0.25) is 4.79 Å². The van der Waals surface area contributed by atoms with Gasteiger partial charge in [-0.15, -0.1) is 16.9 Å². The molecule has 0 saturated heterocycles. The Hall–Kier alpha value is -2.71. The Morgan fingerprint density at radius 3 is 2.83 bits per heavy atom. The molecule has 2 aromatic heterocycles. The van der Waals surface area contributed by atoms with Crippen LogP contribution in [0, 0.1) is 0 Å². The summed E-state index contributed by atoms with van der Waals surface area (Å²) in [7, 11) is 0. The summed E-state index contributed by atoms with van der Waals surface area (Å²) in [5, 5.41) is 23.6. The number of benzene rings is 2. The van der Waals surface area contributed by atoms with Crippen molar-refractivity contribution in [1.82, 2.24) is 20.6 Å². The van der Waals surface area contributed by atoms with Crippen molar-refractivity contribution in [3.63, 3.8) is 0 Å². The highest BCUT2D eigenvalue weighted by Gasteiger charge is 2.11. The number of hydrogen-bond acceptors (Lipinski definition) is 7. The summed E-state index contributed by atoms with van der Waals surface area (Å²) in [6, 6.07) is 10.7. The van der Waals surface area contributed by atoms with Crippen LogP contribution < -0.4 is 5.43 Å². The summed E-state index contributed by atoms with van der Waals surface area (Å²) >= 11 is 1.49. The highest BCUT2D eigenvalue weighted by Crippen LogP contribution is 2.26. The molecule has 0 unspecified atom stereocenters. The molecule has 7 nitrogen and oxygen atoms in total. The van der Waals surface area contributed by atoms with E-state index in [1.807, 2.05) is 6.07 Å². The summed E-state index contributed by atoms with van der Waals surface area (Å²) in [6.07, 6.45) is 0. The van der Waals surface area contributed by atoms with Crippen molar-refractivity contribution < 1.29 is 9.52 Å². The topological polar surface area (TPSA) is 105 Å². The van der Waals surface area contributed by atoms with Crippen molar-refractivity contribution in [2.24, 2.45) is 0 Å². The van der Waals surface area contributed by atoms with Crippen LogP contribution in [0.1, 0.15) is 0 Å². The number of hydrogen-bond donors (Lipinski definition) is 2. The first-order valence-corrected chi connectivity index (χ1v) is 8.23. The molecule has 0 radical (unpaired) electrons. The van der Waals surface area contributed by atoms with Crippen LogP contribution >= 0.6 is 11.8 Å². The fourth-order valence-corrected chi connectivity index (χ4v) is 3.21. The van der Waals surface area contributed by atoms with Crippen LogP contribution in [0.25, 0.3) is 33.3 Å². The van der Waals surface area contributed by atoms with E-state index in [0.29, 0.717) is 33.5 Å². The number of aliphatic hydroxyl groups is 1. The van der Waals surface area contributed by atoms with Gasteiger partial charge < -0.3 is 9.52 Å². The Labute approximate surface area is 139 Å². The van der Waals surface area contributed by atoms with Crippen LogP contribution in [-0.4, -0.2) is 38.1 Å². The van der Waals surface area contributed by atoms with Crippen LogP contribution in [0.5, 0.6) is 0 Å². The zero-order chi connectivity index (χ0) is 16.5. The SMILES string of the molecule is O=c1c2ccc(-c3nnn[nH]3)cc2oc2ccc(SCCO)cc12. The summed E-state index contributed by atoms with van der Waals surface area (Å²) in [5.74, 6) is 1.09. The van der Waals surface area contributed by atoms with Gasteiger partial charge in [0.05, 0.1) is 17.4 Å². The normalized spacial score (nSPS) is 11.4. The molecule has 8 heteroatoms. The zero-order valence-electron chi connectivity index (χ0n) is 12.4. The highest BCUT2D eigenvalue weighted by molar-refractivity contribution is 7.99. The quantitative estimate of drug-likeness (QED) is 0.433. The molecular weight excluding hydrogens is 328 g/mol. The monoisotopic (exact) mass is 340 g/mol. The second-order valence-corrected chi connectivity index (χ2v) is 6.29. The summed E-state index contributed by atoms with van der Waals surface area (Å²) in [4.78, 5) is 13.7. The van der Waals surface area contributed by atoms with Gasteiger partial charge >= 0.3 is 0 Å². The van der Waals surface area contributed by atoms with Crippen molar-refractivity contribution in [2.75, 3.05) is 12.4 Å². The molecule has 0 fully saturated rings. The first-order valence-electron chi connectivity index (χ1n) is 7.24. The third-order valence-corrected chi connectivity index (χ3v) is 4.59. The second kappa shape index (κ2) is 6.06. The first-order chi connectivity index (χ1) is 11.8. The molecule has 0 saturated carbocycles. The van der Waals surface area contributed by atoms with E-state index in [0.717, 1.165) is 10.5 Å². The van der Waals surface area contributed by atoms with E-state index in [9.17, 15) is 4.79 Å². The van der Waals surface area contributed by atoms with Crippen molar-refractivity contribution in [3.05, 3.63) is 46.6 Å². The number of tetrazole rings is 1. The van der Waals surface area contributed by atoms with Gasteiger partial charge in [0.1, 0.15) is 11.2 Å². The number of fused-ring (bicyclic) bond motifs is 2. The number of aromatic nitrogens is 4. The van der Waals surface area contributed by atoms with Gasteiger partial charge in [0.2, 0.25) is 5.43 Å². The Morgan fingerprint density at radius 2 is 2.04 bits per heavy atom. The minimum Gasteiger partial charge on any atom is -0.456 e. The Morgan fingerprint density at radius 1 is 1.12 bits per heavy atom. The van der Waals surface area contributed by atoms with Crippen LogP contribution in [0.2, 0.25) is 0 Å². The van der Waals surface area contributed by atoms with Crippen molar-refractivity contribution in [2.45, 2.75) is 4.90 Å². The van der Waals surface area contributed by atoms with Crippen molar-refractivity contribution in [3.8, 4) is 11.4 Å². The van der Waals surface area contributed by atoms with E-state index in [1.165, 1.54) is 11.8 Å². The van der Waals surface area contributed by atoms with Gasteiger partial charge in [-0.2, -0.15) is 0 Å². The molecule has 0 bridgehead atoms. The second-order valence-electron chi connectivity index (χ2n) is 5.12. The van der Waals surface area contributed by atoms with E-state index < -0.39 is 0 Å².